The van der Waals surface area contributed by atoms with Crippen LogP contribution >= 0.6 is 11.6 Å². The number of aliphatic hydroxyl groups excluding tert-OH is 1. The summed E-state index contributed by atoms with van der Waals surface area (Å²) < 4.78 is 13.2. The molecule has 0 unspecified atom stereocenters. The van der Waals surface area contributed by atoms with Gasteiger partial charge in [-0.05, 0) is 36.2 Å². The topological polar surface area (TPSA) is 20.2 Å². The maximum absolute atomic E-state index is 13.2. The highest BCUT2D eigenvalue weighted by molar-refractivity contribution is 6.30. The Balaban J connectivity index is 2.36. The fourth-order valence-corrected chi connectivity index (χ4v) is 1.90. The molecule has 2 aromatic rings. The van der Waals surface area contributed by atoms with Crippen molar-refractivity contribution in [3.63, 3.8) is 0 Å². The third-order valence-corrected chi connectivity index (χ3v) is 2.81. The lowest BCUT2D eigenvalue weighted by atomic mass is 10.0. The molecule has 0 heterocycles. The molecular formula is C14H12ClFO. The van der Waals surface area contributed by atoms with Crippen molar-refractivity contribution < 1.29 is 9.50 Å². The normalized spacial score (nSPS) is 12.5. The summed E-state index contributed by atoms with van der Waals surface area (Å²) in [5.41, 5.74) is 2.29. The quantitative estimate of drug-likeness (QED) is 0.858. The molecule has 2 rings (SSSR count). The molecule has 88 valence electrons. The van der Waals surface area contributed by atoms with Gasteiger partial charge in [-0.3, -0.25) is 0 Å². The predicted molar refractivity (Wildman–Crippen MR) is 66.7 cm³/mol. The Morgan fingerprint density at radius 1 is 1.06 bits per heavy atom. The Morgan fingerprint density at radius 2 is 1.71 bits per heavy atom. The minimum Gasteiger partial charge on any atom is -0.384 e. The van der Waals surface area contributed by atoms with E-state index in [9.17, 15) is 9.50 Å². The van der Waals surface area contributed by atoms with Crippen molar-refractivity contribution in [2.24, 2.45) is 0 Å². The van der Waals surface area contributed by atoms with Gasteiger partial charge in [0.05, 0.1) is 0 Å². The molecule has 1 nitrogen and oxygen atoms in total. The van der Waals surface area contributed by atoms with Gasteiger partial charge in [0, 0.05) is 5.02 Å². The zero-order chi connectivity index (χ0) is 12.4. The lowest BCUT2D eigenvalue weighted by Gasteiger charge is -2.12. The van der Waals surface area contributed by atoms with Gasteiger partial charge in [-0.2, -0.15) is 0 Å². The molecule has 0 aromatic heterocycles. The second-order valence-electron chi connectivity index (χ2n) is 4.02. The number of hydrogen-bond donors (Lipinski definition) is 1. The minimum atomic E-state index is -0.858. The van der Waals surface area contributed by atoms with E-state index in [2.05, 4.69) is 0 Å². The van der Waals surface area contributed by atoms with Crippen LogP contribution in [0.1, 0.15) is 22.8 Å². The number of aliphatic hydroxyl groups is 1. The monoisotopic (exact) mass is 250 g/mol. The van der Waals surface area contributed by atoms with E-state index in [4.69, 9.17) is 11.6 Å². The van der Waals surface area contributed by atoms with Gasteiger partial charge in [0.15, 0.2) is 0 Å². The third kappa shape index (κ3) is 2.84. The van der Waals surface area contributed by atoms with E-state index in [0.717, 1.165) is 11.1 Å². The molecule has 0 spiro atoms. The first-order valence-corrected chi connectivity index (χ1v) is 5.64. The molecule has 0 bridgehead atoms. The number of rotatable bonds is 2. The van der Waals surface area contributed by atoms with Crippen LogP contribution in [-0.4, -0.2) is 5.11 Å². The van der Waals surface area contributed by atoms with E-state index in [1.165, 1.54) is 12.1 Å². The summed E-state index contributed by atoms with van der Waals surface area (Å²) in [6, 6.07) is 11.5. The molecule has 17 heavy (non-hydrogen) atoms. The molecular weight excluding hydrogens is 239 g/mol. The molecule has 3 heteroatoms. The largest absolute Gasteiger partial charge is 0.384 e. The van der Waals surface area contributed by atoms with Gasteiger partial charge in [0.1, 0.15) is 11.9 Å². The van der Waals surface area contributed by atoms with Crippen LogP contribution in [0.5, 0.6) is 0 Å². The first-order valence-electron chi connectivity index (χ1n) is 5.27. The summed E-state index contributed by atoms with van der Waals surface area (Å²) >= 11 is 5.76. The SMILES string of the molecule is Cc1ccc([C@H](O)c2cc(F)cc(Cl)c2)cc1. The van der Waals surface area contributed by atoms with E-state index in [-0.39, 0.29) is 5.02 Å². The zero-order valence-electron chi connectivity index (χ0n) is 9.32. The van der Waals surface area contributed by atoms with Crippen molar-refractivity contribution >= 4 is 11.6 Å². The van der Waals surface area contributed by atoms with E-state index >= 15 is 0 Å². The van der Waals surface area contributed by atoms with Gasteiger partial charge in [-0.15, -0.1) is 0 Å². The molecule has 0 aliphatic heterocycles. The number of aryl methyl sites for hydroxylation is 1. The molecule has 2 aromatic carbocycles. The predicted octanol–water partition coefficient (Wildman–Crippen LogP) is 3.87. The van der Waals surface area contributed by atoms with Gasteiger partial charge >= 0.3 is 0 Å². The summed E-state index contributed by atoms with van der Waals surface area (Å²) in [5.74, 6) is -0.446. The maximum atomic E-state index is 13.2. The number of halogens is 2. The van der Waals surface area contributed by atoms with Crippen LogP contribution in [0.15, 0.2) is 42.5 Å². The van der Waals surface area contributed by atoms with Crippen LogP contribution < -0.4 is 0 Å². The lowest BCUT2D eigenvalue weighted by Crippen LogP contribution is -2.00. The Hall–Kier alpha value is -1.38. The Bertz CT molecular complexity index is 502. The van der Waals surface area contributed by atoms with Gasteiger partial charge in [0.25, 0.3) is 0 Å². The van der Waals surface area contributed by atoms with Crippen molar-refractivity contribution in [3.8, 4) is 0 Å². The summed E-state index contributed by atoms with van der Waals surface area (Å²) in [6.07, 6.45) is -0.858. The van der Waals surface area contributed by atoms with Crippen molar-refractivity contribution in [2.45, 2.75) is 13.0 Å². The first-order chi connectivity index (χ1) is 8.06. The Kier molecular flexibility index (Phi) is 3.46. The van der Waals surface area contributed by atoms with E-state index < -0.39 is 11.9 Å². The second-order valence-corrected chi connectivity index (χ2v) is 4.45. The summed E-state index contributed by atoms with van der Waals surface area (Å²) in [5, 5.41) is 10.4. The minimum absolute atomic E-state index is 0.283. The molecule has 0 amide bonds. The molecule has 0 aliphatic rings. The average Bonchev–Trinajstić information content (AvgIpc) is 2.28. The van der Waals surface area contributed by atoms with Crippen LogP contribution in [0.3, 0.4) is 0 Å². The van der Waals surface area contributed by atoms with Gasteiger partial charge in [-0.25, -0.2) is 4.39 Å². The van der Waals surface area contributed by atoms with Crippen LogP contribution in [-0.2, 0) is 0 Å². The summed E-state index contributed by atoms with van der Waals surface area (Å²) in [7, 11) is 0. The van der Waals surface area contributed by atoms with Gasteiger partial charge in [0.2, 0.25) is 0 Å². The fourth-order valence-electron chi connectivity index (χ4n) is 1.67. The highest BCUT2D eigenvalue weighted by atomic mass is 35.5. The zero-order valence-corrected chi connectivity index (χ0v) is 10.1. The smallest absolute Gasteiger partial charge is 0.125 e. The first kappa shape index (κ1) is 12.1. The van der Waals surface area contributed by atoms with E-state index in [1.54, 1.807) is 6.07 Å². The van der Waals surface area contributed by atoms with E-state index in [1.807, 2.05) is 31.2 Å². The third-order valence-electron chi connectivity index (χ3n) is 2.59. The standard InChI is InChI=1S/C14H12ClFO/c1-9-2-4-10(5-3-9)14(17)11-6-12(15)8-13(16)7-11/h2-8,14,17H,1H3/t14-/m0/s1. The maximum Gasteiger partial charge on any atom is 0.125 e. The van der Waals surface area contributed by atoms with Crippen LogP contribution in [0.2, 0.25) is 5.02 Å². The van der Waals surface area contributed by atoms with Crippen molar-refractivity contribution in [1.82, 2.24) is 0 Å². The highest BCUT2D eigenvalue weighted by Crippen LogP contribution is 2.25. The second kappa shape index (κ2) is 4.86. The highest BCUT2D eigenvalue weighted by Gasteiger charge is 2.11. The summed E-state index contributed by atoms with van der Waals surface area (Å²) in [6.45, 7) is 1.97. The van der Waals surface area contributed by atoms with E-state index in [0.29, 0.717) is 5.56 Å². The molecule has 0 saturated carbocycles. The average molecular weight is 251 g/mol. The molecule has 0 saturated heterocycles. The molecule has 1 atom stereocenters. The summed E-state index contributed by atoms with van der Waals surface area (Å²) in [4.78, 5) is 0. The lowest BCUT2D eigenvalue weighted by molar-refractivity contribution is 0.220. The molecule has 0 fully saturated rings. The van der Waals surface area contributed by atoms with Crippen LogP contribution in [0, 0.1) is 12.7 Å². The van der Waals surface area contributed by atoms with Gasteiger partial charge in [-0.1, -0.05) is 41.4 Å². The van der Waals surface area contributed by atoms with Crippen LogP contribution in [0.4, 0.5) is 4.39 Å². The Morgan fingerprint density at radius 3 is 2.29 bits per heavy atom. The van der Waals surface area contributed by atoms with Crippen molar-refractivity contribution in [2.75, 3.05) is 0 Å². The fraction of sp³-hybridized carbons (Fsp3) is 0.143. The van der Waals surface area contributed by atoms with Crippen molar-refractivity contribution in [3.05, 3.63) is 70.0 Å². The molecule has 1 N–H and O–H groups in total. The number of hydrogen-bond acceptors (Lipinski definition) is 1. The Labute approximate surface area is 104 Å². The number of benzene rings is 2. The van der Waals surface area contributed by atoms with Gasteiger partial charge < -0.3 is 5.11 Å². The van der Waals surface area contributed by atoms with Crippen molar-refractivity contribution in [1.29, 1.82) is 0 Å². The molecule has 0 radical (unpaired) electrons. The molecule has 0 aliphatic carbocycles. The van der Waals surface area contributed by atoms with Crippen LogP contribution in [0.25, 0.3) is 0 Å².